The van der Waals surface area contributed by atoms with Crippen LogP contribution in [0.3, 0.4) is 0 Å². The van der Waals surface area contributed by atoms with Crippen LogP contribution in [-0.4, -0.2) is 28.2 Å². The summed E-state index contributed by atoms with van der Waals surface area (Å²) in [5, 5.41) is 12.5. The molecule has 0 spiro atoms. The predicted octanol–water partition coefficient (Wildman–Crippen LogP) is 1.97. The monoisotopic (exact) mass is 264 g/mol. The molecule has 2 rings (SSSR count). The molecule has 1 fully saturated rings. The maximum atomic E-state index is 12.1. The summed E-state index contributed by atoms with van der Waals surface area (Å²) in [4.78, 5) is 16.2. The average molecular weight is 264 g/mol. The Morgan fingerprint density at radius 2 is 2.32 bits per heavy atom. The smallest absolute Gasteiger partial charge is 0.238 e. The van der Waals surface area contributed by atoms with Crippen molar-refractivity contribution in [2.75, 3.05) is 5.32 Å². The molecule has 2 unspecified atom stereocenters. The highest BCUT2D eigenvalue weighted by Crippen LogP contribution is 2.28. The van der Waals surface area contributed by atoms with E-state index in [0.717, 1.165) is 12.8 Å². The van der Waals surface area contributed by atoms with Crippen molar-refractivity contribution in [3.63, 3.8) is 0 Å². The Morgan fingerprint density at radius 1 is 1.53 bits per heavy atom. The molecule has 0 saturated heterocycles. The number of pyridine rings is 1. The first kappa shape index (κ1) is 13.8. The lowest BCUT2D eigenvalue weighted by atomic mass is 10.1. The van der Waals surface area contributed by atoms with Crippen LogP contribution in [0.15, 0.2) is 18.3 Å². The quantitative estimate of drug-likeness (QED) is 0.872. The van der Waals surface area contributed by atoms with Gasteiger partial charge >= 0.3 is 0 Å². The van der Waals surface area contributed by atoms with E-state index in [1.54, 1.807) is 18.3 Å². The molecule has 5 heteroatoms. The molecular weight excluding hydrogens is 244 g/mol. The van der Waals surface area contributed by atoms with E-state index in [9.17, 15) is 9.90 Å². The van der Waals surface area contributed by atoms with Crippen molar-refractivity contribution >= 4 is 11.6 Å². The molecule has 1 aliphatic carbocycles. The van der Waals surface area contributed by atoms with Crippen molar-refractivity contribution in [1.82, 2.24) is 4.98 Å². The Morgan fingerprint density at radius 3 is 2.95 bits per heavy atom. The van der Waals surface area contributed by atoms with Gasteiger partial charge < -0.3 is 15.2 Å². The first-order valence-electron chi connectivity index (χ1n) is 6.68. The fourth-order valence-electron chi connectivity index (χ4n) is 2.27. The first-order valence-corrected chi connectivity index (χ1v) is 6.68. The number of hydrogen-bond acceptors (Lipinski definition) is 4. The number of rotatable bonds is 4. The van der Waals surface area contributed by atoms with Crippen LogP contribution in [0.25, 0.3) is 0 Å². The first-order chi connectivity index (χ1) is 9.08. The Hall–Kier alpha value is -1.62. The van der Waals surface area contributed by atoms with Gasteiger partial charge in [0.15, 0.2) is 0 Å². The third-order valence-electron chi connectivity index (χ3n) is 3.19. The molecule has 0 aliphatic heterocycles. The molecule has 0 radical (unpaired) electrons. The number of anilines is 1. The Labute approximate surface area is 113 Å². The van der Waals surface area contributed by atoms with Gasteiger partial charge in [0, 0.05) is 6.20 Å². The Balaban J connectivity index is 2.08. The lowest BCUT2D eigenvalue weighted by Crippen LogP contribution is -2.29. The fourth-order valence-corrected chi connectivity index (χ4v) is 2.27. The minimum Gasteiger partial charge on any atom is -0.473 e. The predicted molar refractivity (Wildman–Crippen MR) is 72.0 cm³/mol. The third kappa shape index (κ3) is 3.44. The standard InChI is InChI=1S/C14H20N2O3/c1-9(2)19-14-11(6-4-8-15-14)16-13(18)10-5-3-7-12(10)17/h4,6,8-10,12,17H,3,5,7H2,1-2H3,(H,16,18). The number of amides is 1. The highest BCUT2D eigenvalue weighted by molar-refractivity contribution is 5.94. The molecule has 0 aromatic carbocycles. The number of hydrogen-bond donors (Lipinski definition) is 2. The summed E-state index contributed by atoms with van der Waals surface area (Å²) in [5.41, 5.74) is 0.556. The molecule has 1 saturated carbocycles. The van der Waals surface area contributed by atoms with Crippen molar-refractivity contribution < 1.29 is 14.6 Å². The zero-order chi connectivity index (χ0) is 13.8. The highest BCUT2D eigenvalue weighted by Gasteiger charge is 2.31. The topological polar surface area (TPSA) is 71.5 Å². The molecular formula is C14H20N2O3. The fraction of sp³-hybridized carbons (Fsp3) is 0.571. The summed E-state index contributed by atoms with van der Waals surface area (Å²) in [6, 6.07) is 3.50. The molecule has 5 nitrogen and oxygen atoms in total. The minimum atomic E-state index is -0.536. The van der Waals surface area contributed by atoms with E-state index in [4.69, 9.17) is 4.74 Å². The van der Waals surface area contributed by atoms with Gasteiger partial charge in [-0.15, -0.1) is 0 Å². The molecule has 104 valence electrons. The van der Waals surface area contributed by atoms with Gasteiger partial charge in [-0.25, -0.2) is 4.98 Å². The van der Waals surface area contributed by atoms with Crippen LogP contribution in [0.1, 0.15) is 33.1 Å². The molecule has 2 N–H and O–H groups in total. The van der Waals surface area contributed by atoms with Gasteiger partial charge in [-0.05, 0) is 45.2 Å². The number of nitrogens with one attached hydrogen (secondary N) is 1. The molecule has 1 aliphatic rings. The SMILES string of the molecule is CC(C)Oc1ncccc1NC(=O)C1CCCC1O. The van der Waals surface area contributed by atoms with Gasteiger partial charge in [-0.3, -0.25) is 4.79 Å². The zero-order valence-corrected chi connectivity index (χ0v) is 11.3. The molecule has 2 atom stereocenters. The number of carbonyl (C=O) groups is 1. The largest absolute Gasteiger partial charge is 0.473 e. The van der Waals surface area contributed by atoms with E-state index >= 15 is 0 Å². The summed E-state index contributed by atoms with van der Waals surface area (Å²) in [6.45, 7) is 3.81. The number of aliphatic hydroxyl groups excluding tert-OH is 1. The molecule has 1 aromatic heterocycles. The van der Waals surface area contributed by atoms with Crippen LogP contribution in [0.4, 0.5) is 5.69 Å². The lowest BCUT2D eigenvalue weighted by Gasteiger charge is -2.17. The van der Waals surface area contributed by atoms with Crippen molar-refractivity contribution in [2.45, 2.75) is 45.3 Å². The molecule has 1 amide bonds. The normalized spacial score (nSPS) is 22.5. The van der Waals surface area contributed by atoms with Crippen LogP contribution < -0.4 is 10.1 Å². The summed E-state index contributed by atoms with van der Waals surface area (Å²) < 4.78 is 5.55. The molecule has 0 bridgehead atoms. The van der Waals surface area contributed by atoms with Crippen LogP contribution in [0, 0.1) is 5.92 Å². The van der Waals surface area contributed by atoms with Crippen LogP contribution in [-0.2, 0) is 4.79 Å². The maximum absolute atomic E-state index is 12.1. The lowest BCUT2D eigenvalue weighted by molar-refractivity contribution is -0.122. The summed E-state index contributed by atoms with van der Waals surface area (Å²) >= 11 is 0. The number of nitrogens with zero attached hydrogens (tertiary/aromatic N) is 1. The van der Waals surface area contributed by atoms with Crippen molar-refractivity contribution in [1.29, 1.82) is 0 Å². The zero-order valence-electron chi connectivity index (χ0n) is 11.3. The van der Waals surface area contributed by atoms with E-state index < -0.39 is 6.10 Å². The summed E-state index contributed by atoms with van der Waals surface area (Å²) in [5.74, 6) is -0.0722. The van der Waals surface area contributed by atoms with Crippen molar-refractivity contribution in [3.05, 3.63) is 18.3 Å². The van der Waals surface area contributed by atoms with E-state index in [1.807, 2.05) is 13.8 Å². The van der Waals surface area contributed by atoms with Gasteiger partial charge in [0.05, 0.1) is 18.1 Å². The molecule has 19 heavy (non-hydrogen) atoms. The van der Waals surface area contributed by atoms with E-state index in [1.165, 1.54) is 0 Å². The number of carbonyl (C=O) groups excluding carboxylic acids is 1. The van der Waals surface area contributed by atoms with Gasteiger partial charge in [0.2, 0.25) is 11.8 Å². The summed E-state index contributed by atoms with van der Waals surface area (Å²) in [7, 11) is 0. The molecule has 1 aromatic rings. The van der Waals surface area contributed by atoms with Crippen LogP contribution >= 0.6 is 0 Å². The maximum Gasteiger partial charge on any atom is 0.238 e. The Kier molecular flexibility index (Phi) is 4.37. The average Bonchev–Trinajstić information content (AvgIpc) is 2.77. The van der Waals surface area contributed by atoms with E-state index in [2.05, 4.69) is 10.3 Å². The van der Waals surface area contributed by atoms with Gasteiger partial charge in [0.25, 0.3) is 0 Å². The van der Waals surface area contributed by atoms with Gasteiger partial charge in [-0.2, -0.15) is 0 Å². The van der Waals surface area contributed by atoms with Crippen molar-refractivity contribution in [2.24, 2.45) is 5.92 Å². The van der Waals surface area contributed by atoms with E-state index in [0.29, 0.717) is 18.0 Å². The van der Waals surface area contributed by atoms with Crippen LogP contribution in [0.2, 0.25) is 0 Å². The second-order valence-corrected chi connectivity index (χ2v) is 5.12. The van der Waals surface area contributed by atoms with Crippen molar-refractivity contribution in [3.8, 4) is 5.88 Å². The van der Waals surface area contributed by atoms with E-state index in [-0.39, 0.29) is 17.9 Å². The number of aliphatic hydroxyl groups is 1. The van der Waals surface area contributed by atoms with Crippen LogP contribution in [0.5, 0.6) is 5.88 Å². The minimum absolute atomic E-state index is 0.0115. The summed E-state index contributed by atoms with van der Waals surface area (Å²) in [6.07, 6.45) is 3.39. The molecule has 1 heterocycles. The number of aromatic nitrogens is 1. The van der Waals surface area contributed by atoms with Gasteiger partial charge in [-0.1, -0.05) is 0 Å². The highest BCUT2D eigenvalue weighted by atomic mass is 16.5. The Bertz CT molecular complexity index is 448. The van der Waals surface area contributed by atoms with Gasteiger partial charge in [0.1, 0.15) is 5.69 Å². The second kappa shape index (κ2) is 6.02. The number of ether oxygens (including phenoxy) is 1. The second-order valence-electron chi connectivity index (χ2n) is 5.12. The third-order valence-corrected chi connectivity index (χ3v) is 3.19.